The molecule has 0 saturated carbocycles. The van der Waals surface area contributed by atoms with Gasteiger partial charge < -0.3 is 10.5 Å². The van der Waals surface area contributed by atoms with E-state index in [1.165, 1.54) is 4.90 Å². The molecule has 82 valence electrons. The van der Waals surface area contributed by atoms with Gasteiger partial charge in [-0.15, -0.1) is 0 Å². The first-order chi connectivity index (χ1) is 7.06. The molecule has 4 heteroatoms. The zero-order chi connectivity index (χ0) is 11.4. The zero-order valence-electron chi connectivity index (χ0n) is 9.28. The minimum atomic E-state index is -0.360. The van der Waals surface area contributed by atoms with Crippen molar-refractivity contribution in [2.45, 2.75) is 13.8 Å². The van der Waals surface area contributed by atoms with E-state index in [0.717, 1.165) is 16.9 Å². The monoisotopic (exact) mass is 208 g/mol. The number of aryl methyl sites for hydroxylation is 1. The van der Waals surface area contributed by atoms with Crippen LogP contribution >= 0.6 is 0 Å². The number of benzene rings is 1. The second kappa shape index (κ2) is 4.68. The van der Waals surface area contributed by atoms with Gasteiger partial charge in [0.25, 0.3) is 0 Å². The van der Waals surface area contributed by atoms with E-state index in [-0.39, 0.29) is 6.09 Å². The van der Waals surface area contributed by atoms with E-state index in [1.807, 2.05) is 13.0 Å². The van der Waals surface area contributed by atoms with Crippen LogP contribution in [0.25, 0.3) is 0 Å². The highest BCUT2D eigenvalue weighted by Crippen LogP contribution is 2.19. The minimum absolute atomic E-state index is 0.360. The van der Waals surface area contributed by atoms with Crippen LogP contribution in [0.4, 0.5) is 16.2 Å². The first kappa shape index (κ1) is 11.4. The van der Waals surface area contributed by atoms with Gasteiger partial charge in [0.15, 0.2) is 0 Å². The number of nitrogen functional groups attached to an aromatic ring is 1. The van der Waals surface area contributed by atoms with Crippen LogP contribution in [0.1, 0.15) is 12.5 Å². The Bertz CT molecular complexity index is 364. The van der Waals surface area contributed by atoms with Crippen molar-refractivity contribution in [1.82, 2.24) is 0 Å². The fourth-order valence-corrected chi connectivity index (χ4v) is 1.19. The Labute approximate surface area is 89.6 Å². The van der Waals surface area contributed by atoms with Gasteiger partial charge in [-0.2, -0.15) is 0 Å². The highest BCUT2D eigenvalue weighted by atomic mass is 16.6. The number of carbonyl (C=O) groups is 1. The quantitative estimate of drug-likeness (QED) is 0.758. The van der Waals surface area contributed by atoms with Crippen LogP contribution in [-0.4, -0.2) is 19.7 Å². The Morgan fingerprint density at radius 2 is 2.20 bits per heavy atom. The Morgan fingerprint density at radius 1 is 1.53 bits per heavy atom. The van der Waals surface area contributed by atoms with Crippen molar-refractivity contribution >= 4 is 17.5 Å². The average Bonchev–Trinajstić information content (AvgIpc) is 2.21. The van der Waals surface area contributed by atoms with Gasteiger partial charge in [0.2, 0.25) is 0 Å². The van der Waals surface area contributed by atoms with Gasteiger partial charge in [0, 0.05) is 18.4 Å². The summed E-state index contributed by atoms with van der Waals surface area (Å²) in [6, 6.07) is 5.42. The van der Waals surface area contributed by atoms with Crippen LogP contribution in [-0.2, 0) is 4.74 Å². The summed E-state index contributed by atoms with van der Waals surface area (Å²) in [6.45, 7) is 4.05. The molecule has 0 aliphatic heterocycles. The molecule has 0 spiro atoms. The second-order valence-electron chi connectivity index (χ2n) is 3.30. The standard InChI is InChI=1S/C11H16N2O2/c1-4-15-11(14)13(3)9-5-6-10(12)8(2)7-9/h5-7H,4,12H2,1-3H3. The van der Waals surface area contributed by atoms with Crippen molar-refractivity contribution in [3.8, 4) is 0 Å². The molecule has 0 unspecified atom stereocenters. The molecule has 1 aromatic carbocycles. The Kier molecular flexibility index (Phi) is 3.55. The minimum Gasteiger partial charge on any atom is -0.449 e. The third-order valence-electron chi connectivity index (χ3n) is 2.18. The average molecular weight is 208 g/mol. The maximum atomic E-state index is 11.4. The van der Waals surface area contributed by atoms with Crippen molar-refractivity contribution < 1.29 is 9.53 Å². The lowest BCUT2D eigenvalue weighted by atomic mass is 10.2. The summed E-state index contributed by atoms with van der Waals surface area (Å²) in [5, 5.41) is 0. The molecule has 0 saturated heterocycles. The Balaban J connectivity index is 2.86. The van der Waals surface area contributed by atoms with Gasteiger partial charge in [-0.3, -0.25) is 4.90 Å². The van der Waals surface area contributed by atoms with Crippen LogP contribution in [0.3, 0.4) is 0 Å². The lowest BCUT2D eigenvalue weighted by Gasteiger charge is -2.17. The molecule has 0 fully saturated rings. The van der Waals surface area contributed by atoms with Crippen molar-refractivity contribution in [1.29, 1.82) is 0 Å². The van der Waals surface area contributed by atoms with Gasteiger partial charge in [0.1, 0.15) is 0 Å². The third-order valence-corrected chi connectivity index (χ3v) is 2.18. The van der Waals surface area contributed by atoms with Crippen LogP contribution in [0.5, 0.6) is 0 Å². The molecule has 0 radical (unpaired) electrons. The summed E-state index contributed by atoms with van der Waals surface area (Å²) in [4.78, 5) is 12.9. The summed E-state index contributed by atoms with van der Waals surface area (Å²) < 4.78 is 4.88. The number of rotatable bonds is 2. The van der Waals surface area contributed by atoms with Crippen LogP contribution < -0.4 is 10.6 Å². The molecule has 4 nitrogen and oxygen atoms in total. The molecule has 0 aliphatic carbocycles. The van der Waals surface area contributed by atoms with E-state index in [2.05, 4.69) is 0 Å². The Morgan fingerprint density at radius 3 is 2.73 bits per heavy atom. The van der Waals surface area contributed by atoms with Gasteiger partial charge in [-0.05, 0) is 37.6 Å². The molecule has 1 aromatic rings. The molecule has 1 amide bonds. The number of nitrogens with two attached hydrogens (primary N) is 1. The predicted molar refractivity (Wildman–Crippen MR) is 61.0 cm³/mol. The van der Waals surface area contributed by atoms with Gasteiger partial charge in [0.05, 0.1) is 6.61 Å². The first-order valence-electron chi connectivity index (χ1n) is 4.83. The smallest absolute Gasteiger partial charge is 0.413 e. The number of hydrogen-bond acceptors (Lipinski definition) is 3. The van der Waals surface area contributed by atoms with Crippen molar-refractivity contribution in [3.05, 3.63) is 23.8 Å². The lowest BCUT2D eigenvalue weighted by molar-refractivity contribution is 0.161. The van der Waals surface area contributed by atoms with Gasteiger partial charge >= 0.3 is 6.09 Å². The molecule has 1 rings (SSSR count). The molecular weight excluding hydrogens is 192 g/mol. The largest absolute Gasteiger partial charge is 0.449 e. The highest BCUT2D eigenvalue weighted by Gasteiger charge is 2.11. The summed E-state index contributed by atoms with van der Waals surface area (Å²) >= 11 is 0. The molecule has 0 atom stereocenters. The fourth-order valence-electron chi connectivity index (χ4n) is 1.19. The zero-order valence-corrected chi connectivity index (χ0v) is 9.28. The molecule has 0 bridgehead atoms. The number of carbonyl (C=O) groups excluding carboxylic acids is 1. The third kappa shape index (κ3) is 2.62. The van der Waals surface area contributed by atoms with Crippen LogP contribution in [0, 0.1) is 6.92 Å². The number of amides is 1. The first-order valence-corrected chi connectivity index (χ1v) is 4.83. The molecule has 0 heterocycles. The van der Waals surface area contributed by atoms with Crippen LogP contribution in [0.2, 0.25) is 0 Å². The number of nitrogens with zero attached hydrogens (tertiary/aromatic N) is 1. The van der Waals surface area contributed by atoms with E-state index in [1.54, 1.807) is 26.1 Å². The molecule has 15 heavy (non-hydrogen) atoms. The summed E-state index contributed by atoms with van der Waals surface area (Å²) in [5.74, 6) is 0. The van der Waals surface area contributed by atoms with Gasteiger partial charge in [-0.1, -0.05) is 0 Å². The van der Waals surface area contributed by atoms with Crippen molar-refractivity contribution in [2.75, 3.05) is 24.3 Å². The molecule has 0 aliphatic rings. The number of hydrogen-bond donors (Lipinski definition) is 1. The summed E-state index contributed by atoms with van der Waals surface area (Å²) in [5.41, 5.74) is 8.13. The van der Waals surface area contributed by atoms with Crippen molar-refractivity contribution in [2.24, 2.45) is 0 Å². The van der Waals surface area contributed by atoms with E-state index in [4.69, 9.17) is 10.5 Å². The van der Waals surface area contributed by atoms with E-state index in [9.17, 15) is 4.79 Å². The van der Waals surface area contributed by atoms with Crippen LogP contribution in [0.15, 0.2) is 18.2 Å². The van der Waals surface area contributed by atoms with Gasteiger partial charge in [-0.25, -0.2) is 4.79 Å². The lowest BCUT2D eigenvalue weighted by Crippen LogP contribution is -2.27. The summed E-state index contributed by atoms with van der Waals surface area (Å²) in [7, 11) is 1.67. The van der Waals surface area contributed by atoms with E-state index in [0.29, 0.717) is 6.61 Å². The van der Waals surface area contributed by atoms with Crippen molar-refractivity contribution in [3.63, 3.8) is 0 Å². The maximum absolute atomic E-state index is 11.4. The normalized spacial score (nSPS) is 9.80. The molecule has 0 aromatic heterocycles. The topological polar surface area (TPSA) is 55.6 Å². The maximum Gasteiger partial charge on any atom is 0.413 e. The second-order valence-corrected chi connectivity index (χ2v) is 3.30. The number of ether oxygens (including phenoxy) is 1. The summed E-state index contributed by atoms with van der Waals surface area (Å²) in [6.07, 6.45) is -0.360. The molecular formula is C11H16N2O2. The molecule has 2 N–H and O–H groups in total. The SMILES string of the molecule is CCOC(=O)N(C)c1ccc(N)c(C)c1. The highest BCUT2D eigenvalue weighted by molar-refractivity contribution is 5.87. The Hall–Kier alpha value is -1.71. The van der Waals surface area contributed by atoms with E-state index >= 15 is 0 Å². The van der Waals surface area contributed by atoms with E-state index < -0.39 is 0 Å². The number of anilines is 2. The fraction of sp³-hybridized carbons (Fsp3) is 0.364. The predicted octanol–water partition coefficient (Wildman–Crippen LogP) is 2.17.